The fraction of sp³-hybridized carbons (Fsp3) is 0.174. The number of nitrogens with one attached hydrogen (secondary N) is 1. The van der Waals surface area contributed by atoms with Gasteiger partial charge in [0.15, 0.2) is 11.5 Å². The van der Waals surface area contributed by atoms with Crippen LogP contribution in [0.5, 0.6) is 17.2 Å². The maximum Gasteiger partial charge on any atom is 0.261 e. The third-order valence-electron chi connectivity index (χ3n) is 4.06. The van der Waals surface area contributed by atoms with E-state index in [-0.39, 0.29) is 5.84 Å². The molecule has 0 atom stereocenters. The molecule has 4 N–H and O–H groups in total. The smallest absolute Gasteiger partial charge is 0.261 e. The number of nitrogens with two attached hydrogens (primary N) is 1. The van der Waals surface area contributed by atoms with E-state index < -0.39 is 10.1 Å². The summed E-state index contributed by atoms with van der Waals surface area (Å²) >= 11 is 0. The van der Waals surface area contributed by atoms with Crippen molar-refractivity contribution in [2.24, 2.45) is 5.73 Å². The standard InChI is InChI=1S/C22H22N2O3.CH4O3S/c1-25-20-4-2-3-5-21(20)27-15-17-8-6-16(7-9-17)14-26-19-12-10-18(11-13-19)22(23)24;1-5(2,3)4/h2-13H,14-15H2,1H3,(H3,23,24);1H3,(H,2,3,4). The van der Waals surface area contributed by atoms with Crippen LogP contribution in [0.2, 0.25) is 0 Å². The van der Waals surface area contributed by atoms with Gasteiger partial charge in [-0.25, -0.2) is 0 Å². The first kappa shape index (κ1) is 24.7. The molecule has 0 bridgehead atoms. The summed E-state index contributed by atoms with van der Waals surface area (Å²) in [5, 5.41) is 7.39. The normalized spacial score (nSPS) is 10.5. The molecule has 3 aromatic rings. The van der Waals surface area contributed by atoms with Gasteiger partial charge in [0.25, 0.3) is 10.1 Å². The fourth-order valence-electron chi connectivity index (χ4n) is 2.53. The number of benzene rings is 3. The summed E-state index contributed by atoms with van der Waals surface area (Å²) in [5.74, 6) is 2.23. The first-order chi connectivity index (χ1) is 15.2. The Morgan fingerprint density at radius 1 is 0.875 bits per heavy atom. The van der Waals surface area contributed by atoms with Gasteiger partial charge in [-0.15, -0.1) is 0 Å². The van der Waals surface area contributed by atoms with Crippen LogP contribution < -0.4 is 19.9 Å². The van der Waals surface area contributed by atoms with Crippen molar-refractivity contribution in [3.63, 3.8) is 0 Å². The highest BCUT2D eigenvalue weighted by Crippen LogP contribution is 2.26. The fourth-order valence-corrected chi connectivity index (χ4v) is 2.53. The van der Waals surface area contributed by atoms with Crippen molar-refractivity contribution >= 4 is 16.0 Å². The number of para-hydroxylation sites is 2. The number of rotatable bonds is 8. The molecular formula is C23H26N2O6S. The van der Waals surface area contributed by atoms with Gasteiger partial charge in [-0.05, 0) is 47.5 Å². The van der Waals surface area contributed by atoms with Gasteiger partial charge in [-0.3, -0.25) is 9.96 Å². The maximum atomic E-state index is 9.19. The molecule has 0 spiro atoms. The van der Waals surface area contributed by atoms with Gasteiger partial charge in [-0.1, -0.05) is 36.4 Å². The molecule has 9 heteroatoms. The van der Waals surface area contributed by atoms with Crippen LogP contribution in [0.3, 0.4) is 0 Å². The molecule has 0 saturated heterocycles. The van der Waals surface area contributed by atoms with E-state index in [1.165, 1.54) is 0 Å². The first-order valence-electron chi connectivity index (χ1n) is 9.49. The number of nitrogen functional groups attached to an aromatic ring is 1. The van der Waals surface area contributed by atoms with E-state index >= 15 is 0 Å². The Morgan fingerprint density at radius 2 is 1.34 bits per heavy atom. The van der Waals surface area contributed by atoms with Crippen LogP contribution in [-0.2, 0) is 23.3 Å². The minimum atomic E-state index is -3.67. The Balaban J connectivity index is 0.000000654. The predicted octanol–water partition coefficient (Wildman–Crippen LogP) is 3.64. The molecule has 0 aliphatic carbocycles. The zero-order chi connectivity index (χ0) is 23.6. The van der Waals surface area contributed by atoms with Gasteiger partial charge in [0.1, 0.15) is 24.8 Å². The van der Waals surface area contributed by atoms with Crippen molar-refractivity contribution in [1.29, 1.82) is 5.41 Å². The van der Waals surface area contributed by atoms with Crippen molar-refractivity contribution in [3.8, 4) is 17.2 Å². The topological polar surface area (TPSA) is 132 Å². The highest BCUT2D eigenvalue weighted by Gasteiger charge is 2.04. The van der Waals surface area contributed by atoms with Crippen LogP contribution in [-0.4, -0.2) is 32.2 Å². The number of amidine groups is 1. The minimum absolute atomic E-state index is 0.0486. The van der Waals surface area contributed by atoms with E-state index in [0.29, 0.717) is 25.0 Å². The molecule has 3 rings (SSSR count). The van der Waals surface area contributed by atoms with E-state index in [1.54, 1.807) is 19.2 Å². The minimum Gasteiger partial charge on any atom is -0.493 e. The highest BCUT2D eigenvalue weighted by atomic mass is 32.2. The number of hydrogen-bond donors (Lipinski definition) is 3. The van der Waals surface area contributed by atoms with Crippen molar-refractivity contribution in [3.05, 3.63) is 89.5 Å². The quantitative estimate of drug-likeness (QED) is 0.267. The largest absolute Gasteiger partial charge is 0.493 e. The van der Waals surface area contributed by atoms with E-state index in [4.69, 9.17) is 29.9 Å². The van der Waals surface area contributed by atoms with Crippen LogP contribution in [0.25, 0.3) is 0 Å². The Morgan fingerprint density at radius 3 is 1.81 bits per heavy atom. The van der Waals surface area contributed by atoms with Crippen LogP contribution >= 0.6 is 0 Å². The highest BCUT2D eigenvalue weighted by molar-refractivity contribution is 7.85. The number of methoxy groups -OCH3 is 1. The molecule has 0 unspecified atom stereocenters. The molecule has 3 aromatic carbocycles. The predicted molar refractivity (Wildman–Crippen MR) is 123 cm³/mol. The Hall–Kier alpha value is -3.56. The van der Waals surface area contributed by atoms with Gasteiger partial charge in [0.2, 0.25) is 0 Å². The zero-order valence-corrected chi connectivity index (χ0v) is 18.6. The lowest BCUT2D eigenvalue weighted by Gasteiger charge is -2.11. The summed E-state index contributed by atoms with van der Waals surface area (Å²) in [6.07, 6.45) is 0.715. The van der Waals surface area contributed by atoms with Gasteiger partial charge >= 0.3 is 0 Å². The van der Waals surface area contributed by atoms with Crippen LogP contribution in [0, 0.1) is 5.41 Å². The second-order valence-electron chi connectivity index (χ2n) is 6.72. The second-order valence-corrected chi connectivity index (χ2v) is 8.18. The van der Waals surface area contributed by atoms with Gasteiger partial charge in [-0.2, -0.15) is 8.42 Å². The monoisotopic (exact) mass is 458 g/mol. The molecule has 8 nitrogen and oxygen atoms in total. The lowest BCUT2D eigenvalue weighted by Crippen LogP contribution is -2.10. The van der Waals surface area contributed by atoms with Gasteiger partial charge in [0.05, 0.1) is 13.4 Å². The number of ether oxygens (including phenoxy) is 3. The second kappa shape index (κ2) is 11.7. The molecule has 32 heavy (non-hydrogen) atoms. The maximum absolute atomic E-state index is 9.19. The molecule has 0 aromatic heterocycles. The lowest BCUT2D eigenvalue weighted by molar-refractivity contribution is 0.284. The third kappa shape index (κ3) is 9.07. The summed E-state index contributed by atoms with van der Waals surface area (Å²) in [6, 6.07) is 22.8. The van der Waals surface area contributed by atoms with Gasteiger partial charge < -0.3 is 19.9 Å². The molecule has 0 saturated carbocycles. The van der Waals surface area contributed by atoms with E-state index in [2.05, 4.69) is 0 Å². The molecule has 0 amide bonds. The Kier molecular flexibility index (Phi) is 9.06. The summed E-state index contributed by atoms with van der Waals surface area (Å²) in [4.78, 5) is 0. The Bertz CT molecular complexity index is 1110. The van der Waals surface area contributed by atoms with Crippen molar-refractivity contribution < 1.29 is 27.2 Å². The van der Waals surface area contributed by atoms with Crippen LogP contribution in [0.15, 0.2) is 72.8 Å². The average molecular weight is 459 g/mol. The van der Waals surface area contributed by atoms with Gasteiger partial charge in [0, 0.05) is 5.56 Å². The van der Waals surface area contributed by atoms with Crippen molar-refractivity contribution in [2.75, 3.05) is 13.4 Å². The summed E-state index contributed by atoms with van der Waals surface area (Å²) in [5.41, 5.74) is 8.26. The first-order valence-corrected chi connectivity index (χ1v) is 11.3. The molecule has 0 aliphatic heterocycles. The Labute approximate surface area is 187 Å². The van der Waals surface area contributed by atoms with E-state index in [0.717, 1.165) is 28.4 Å². The molecule has 0 radical (unpaired) electrons. The summed E-state index contributed by atoms with van der Waals surface area (Å²) < 4.78 is 42.8. The van der Waals surface area contributed by atoms with E-state index in [1.807, 2.05) is 60.7 Å². The van der Waals surface area contributed by atoms with Crippen LogP contribution in [0.4, 0.5) is 0 Å². The van der Waals surface area contributed by atoms with E-state index in [9.17, 15) is 8.42 Å². The summed E-state index contributed by atoms with van der Waals surface area (Å²) in [6.45, 7) is 0.932. The molecule has 0 heterocycles. The molecule has 0 aliphatic rings. The average Bonchev–Trinajstić information content (AvgIpc) is 2.76. The molecule has 170 valence electrons. The lowest BCUT2D eigenvalue weighted by atomic mass is 10.1. The molecular weight excluding hydrogens is 432 g/mol. The van der Waals surface area contributed by atoms with Crippen molar-refractivity contribution in [2.45, 2.75) is 13.2 Å². The van der Waals surface area contributed by atoms with Crippen molar-refractivity contribution in [1.82, 2.24) is 0 Å². The third-order valence-corrected chi connectivity index (χ3v) is 4.06. The molecule has 0 fully saturated rings. The number of hydrogen-bond acceptors (Lipinski definition) is 6. The van der Waals surface area contributed by atoms with Crippen LogP contribution in [0.1, 0.15) is 16.7 Å². The zero-order valence-electron chi connectivity index (χ0n) is 17.8. The summed E-state index contributed by atoms with van der Waals surface area (Å²) in [7, 11) is -2.04. The SMILES string of the molecule is COc1ccccc1OCc1ccc(COc2ccc(C(=N)N)cc2)cc1.CS(=O)(=O)O.